The molecular formula is C15H31N3O+2. The smallest absolute Gasteiger partial charge is 0.275 e. The molecule has 2 aliphatic rings. The third-order valence-corrected chi connectivity index (χ3v) is 4.63. The minimum absolute atomic E-state index is 0.216. The van der Waals surface area contributed by atoms with Gasteiger partial charge in [0.15, 0.2) is 6.54 Å². The number of quaternary nitrogens is 2. The molecule has 2 aliphatic heterocycles. The molecule has 0 spiro atoms. The first-order chi connectivity index (χ1) is 9.15. The number of hydrogen-bond donors (Lipinski definition) is 3. The SMILES string of the molecule is CC(C)NC(=O)C[NH+]1CCC([NH+]2CCCCC2)CC1. The molecule has 0 aliphatic carbocycles. The van der Waals surface area contributed by atoms with E-state index >= 15 is 0 Å². The standard InChI is InChI=1S/C15H29N3O/c1-13(2)16-15(19)12-17-10-6-14(7-11-17)18-8-4-3-5-9-18/h13-14H,3-12H2,1-2H3,(H,16,19)/p+2. The van der Waals surface area contributed by atoms with E-state index in [0.29, 0.717) is 6.54 Å². The minimum atomic E-state index is 0.216. The largest absolute Gasteiger partial charge is 0.349 e. The summed E-state index contributed by atoms with van der Waals surface area (Å²) in [7, 11) is 0. The summed E-state index contributed by atoms with van der Waals surface area (Å²) in [5.41, 5.74) is 0. The highest BCUT2D eigenvalue weighted by Crippen LogP contribution is 2.01. The number of hydrogen-bond acceptors (Lipinski definition) is 1. The fraction of sp³-hybridized carbons (Fsp3) is 0.933. The van der Waals surface area contributed by atoms with Gasteiger partial charge in [0, 0.05) is 18.9 Å². The molecule has 0 saturated carbocycles. The van der Waals surface area contributed by atoms with Gasteiger partial charge in [0.2, 0.25) is 0 Å². The highest BCUT2D eigenvalue weighted by molar-refractivity contribution is 5.77. The second kappa shape index (κ2) is 7.25. The predicted octanol–water partition coefficient (Wildman–Crippen LogP) is -1.37. The molecule has 2 fully saturated rings. The normalized spacial score (nSPS) is 29.4. The van der Waals surface area contributed by atoms with Gasteiger partial charge in [0.1, 0.15) is 0 Å². The Kier molecular flexibility index (Phi) is 5.64. The van der Waals surface area contributed by atoms with Gasteiger partial charge in [-0.1, -0.05) is 0 Å². The lowest BCUT2D eigenvalue weighted by Gasteiger charge is -2.35. The lowest BCUT2D eigenvalue weighted by molar-refractivity contribution is -0.958. The van der Waals surface area contributed by atoms with E-state index in [2.05, 4.69) is 5.32 Å². The molecular weight excluding hydrogens is 238 g/mol. The molecule has 0 unspecified atom stereocenters. The van der Waals surface area contributed by atoms with Gasteiger partial charge in [-0.2, -0.15) is 0 Å². The third-order valence-electron chi connectivity index (χ3n) is 4.63. The van der Waals surface area contributed by atoms with Crippen molar-refractivity contribution < 1.29 is 14.6 Å². The van der Waals surface area contributed by atoms with E-state index in [1.54, 1.807) is 0 Å². The summed E-state index contributed by atoms with van der Waals surface area (Å²) in [5, 5.41) is 3.00. The quantitative estimate of drug-likeness (QED) is 0.579. The van der Waals surface area contributed by atoms with Crippen molar-refractivity contribution in [2.75, 3.05) is 32.7 Å². The molecule has 2 rings (SSSR count). The van der Waals surface area contributed by atoms with E-state index in [1.165, 1.54) is 63.2 Å². The fourth-order valence-corrected chi connectivity index (χ4v) is 3.63. The van der Waals surface area contributed by atoms with Crippen LogP contribution in [-0.4, -0.2) is 50.7 Å². The average Bonchev–Trinajstić information content (AvgIpc) is 2.39. The third kappa shape index (κ3) is 4.77. The first-order valence-corrected chi connectivity index (χ1v) is 8.12. The molecule has 0 aromatic heterocycles. The predicted molar refractivity (Wildman–Crippen MR) is 76.4 cm³/mol. The molecule has 110 valence electrons. The molecule has 0 aromatic carbocycles. The van der Waals surface area contributed by atoms with Gasteiger partial charge in [-0.25, -0.2) is 0 Å². The Morgan fingerprint density at radius 3 is 2.32 bits per heavy atom. The molecule has 2 saturated heterocycles. The van der Waals surface area contributed by atoms with Gasteiger partial charge in [-0.3, -0.25) is 4.79 Å². The van der Waals surface area contributed by atoms with Crippen LogP contribution in [0.1, 0.15) is 46.0 Å². The summed E-state index contributed by atoms with van der Waals surface area (Å²) in [5.74, 6) is 0.216. The van der Waals surface area contributed by atoms with Crippen LogP contribution in [0, 0.1) is 0 Å². The first-order valence-electron chi connectivity index (χ1n) is 8.12. The van der Waals surface area contributed by atoms with Crippen molar-refractivity contribution >= 4 is 5.91 Å². The van der Waals surface area contributed by atoms with Gasteiger partial charge in [0.25, 0.3) is 5.91 Å². The number of nitrogens with one attached hydrogen (secondary N) is 3. The number of carbonyl (C=O) groups excluding carboxylic acids is 1. The molecule has 19 heavy (non-hydrogen) atoms. The van der Waals surface area contributed by atoms with Crippen molar-refractivity contribution in [1.29, 1.82) is 0 Å². The van der Waals surface area contributed by atoms with Crippen molar-refractivity contribution in [3.8, 4) is 0 Å². The van der Waals surface area contributed by atoms with Crippen LogP contribution in [0.25, 0.3) is 0 Å². The van der Waals surface area contributed by atoms with Gasteiger partial charge < -0.3 is 15.1 Å². The zero-order valence-corrected chi connectivity index (χ0v) is 12.6. The Morgan fingerprint density at radius 2 is 1.74 bits per heavy atom. The van der Waals surface area contributed by atoms with E-state index in [4.69, 9.17) is 0 Å². The Balaban J connectivity index is 1.68. The second-order valence-corrected chi connectivity index (χ2v) is 6.64. The zero-order chi connectivity index (χ0) is 13.7. The maximum Gasteiger partial charge on any atom is 0.275 e. The molecule has 0 bridgehead atoms. The van der Waals surface area contributed by atoms with Gasteiger partial charge in [0.05, 0.1) is 32.2 Å². The molecule has 0 atom stereocenters. The van der Waals surface area contributed by atoms with E-state index < -0.39 is 0 Å². The van der Waals surface area contributed by atoms with E-state index in [0.717, 1.165) is 6.04 Å². The molecule has 3 N–H and O–H groups in total. The molecule has 1 amide bonds. The van der Waals surface area contributed by atoms with Crippen LogP contribution in [0.3, 0.4) is 0 Å². The topological polar surface area (TPSA) is 38.0 Å². The first kappa shape index (κ1) is 14.8. The Labute approximate surface area is 117 Å². The highest BCUT2D eigenvalue weighted by Gasteiger charge is 2.31. The number of rotatable bonds is 4. The fourth-order valence-electron chi connectivity index (χ4n) is 3.63. The van der Waals surface area contributed by atoms with Gasteiger partial charge >= 0.3 is 0 Å². The van der Waals surface area contributed by atoms with Crippen LogP contribution in [0.5, 0.6) is 0 Å². The molecule has 4 nitrogen and oxygen atoms in total. The second-order valence-electron chi connectivity index (χ2n) is 6.64. The van der Waals surface area contributed by atoms with E-state index in [-0.39, 0.29) is 11.9 Å². The minimum Gasteiger partial charge on any atom is -0.349 e. The van der Waals surface area contributed by atoms with Crippen LogP contribution in [-0.2, 0) is 4.79 Å². The monoisotopic (exact) mass is 269 g/mol. The zero-order valence-electron chi connectivity index (χ0n) is 12.6. The van der Waals surface area contributed by atoms with E-state index in [9.17, 15) is 4.79 Å². The number of carbonyl (C=O) groups is 1. The lowest BCUT2D eigenvalue weighted by Crippen LogP contribution is -3.21. The van der Waals surface area contributed by atoms with Crippen LogP contribution in [0.4, 0.5) is 0 Å². The van der Waals surface area contributed by atoms with Crippen molar-refractivity contribution in [1.82, 2.24) is 5.32 Å². The molecule has 0 aromatic rings. The Morgan fingerprint density at radius 1 is 1.11 bits per heavy atom. The summed E-state index contributed by atoms with van der Waals surface area (Å²) in [6.45, 7) is 9.85. The summed E-state index contributed by atoms with van der Waals surface area (Å²) < 4.78 is 0. The molecule has 4 heteroatoms. The van der Waals surface area contributed by atoms with E-state index in [1.807, 2.05) is 18.7 Å². The molecule has 0 radical (unpaired) electrons. The van der Waals surface area contributed by atoms with Crippen molar-refractivity contribution in [3.05, 3.63) is 0 Å². The number of likely N-dealkylation sites (tertiary alicyclic amines) is 2. The summed E-state index contributed by atoms with van der Waals surface area (Å²) in [4.78, 5) is 15.1. The van der Waals surface area contributed by atoms with Crippen molar-refractivity contribution in [2.24, 2.45) is 0 Å². The van der Waals surface area contributed by atoms with Gasteiger partial charge in [-0.15, -0.1) is 0 Å². The summed E-state index contributed by atoms with van der Waals surface area (Å²) in [6, 6.07) is 1.14. The Hall–Kier alpha value is -0.610. The number of amides is 1. The lowest BCUT2D eigenvalue weighted by atomic mass is 10.00. The van der Waals surface area contributed by atoms with Gasteiger partial charge in [-0.05, 0) is 33.1 Å². The van der Waals surface area contributed by atoms with Crippen LogP contribution >= 0.6 is 0 Å². The van der Waals surface area contributed by atoms with Crippen molar-refractivity contribution in [3.63, 3.8) is 0 Å². The highest BCUT2D eigenvalue weighted by atomic mass is 16.2. The summed E-state index contributed by atoms with van der Waals surface area (Å²) >= 11 is 0. The average molecular weight is 269 g/mol. The molecule has 2 heterocycles. The van der Waals surface area contributed by atoms with Crippen molar-refractivity contribution in [2.45, 2.75) is 58.0 Å². The van der Waals surface area contributed by atoms with Crippen LogP contribution in [0.15, 0.2) is 0 Å². The Bertz CT molecular complexity index is 279. The number of piperidine rings is 2. The maximum atomic E-state index is 11.8. The van der Waals surface area contributed by atoms with Crippen LogP contribution < -0.4 is 15.1 Å². The van der Waals surface area contributed by atoms with Crippen LogP contribution in [0.2, 0.25) is 0 Å². The maximum absolute atomic E-state index is 11.8. The summed E-state index contributed by atoms with van der Waals surface area (Å²) in [6.07, 6.45) is 6.88.